The van der Waals surface area contributed by atoms with Gasteiger partial charge in [-0.3, -0.25) is 4.98 Å². The minimum Gasteiger partial charge on any atom is -0.372 e. The van der Waals surface area contributed by atoms with E-state index in [-0.39, 0.29) is 6.10 Å². The molecule has 3 nitrogen and oxygen atoms in total. The molecule has 0 amide bonds. The van der Waals surface area contributed by atoms with Crippen LogP contribution in [0.5, 0.6) is 0 Å². The van der Waals surface area contributed by atoms with E-state index in [4.69, 9.17) is 4.74 Å². The summed E-state index contributed by atoms with van der Waals surface area (Å²) in [6.45, 7) is 1.61. The molecule has 0 spiro atoms. The van der Waals surface area contributed by atoms with Crippen LogP contribution >= 0.6 is 0 Å². The van der Waals surface area contributed by atoms with Crippen molar-refractivity contribution in [2.75, 3.05) is 6.61 Å². The Morgan fingerprint density at radius 2 is 1.95 bits per heavy atom. The van der Waals surface area contributed by atoms with Gasteiger partial charge in [-0.05, 0) is 24.1 Å². The number of pyridine rings is 1. The van der Waals surface area contributed by atoms with Gasteiger partial charge in [-0.2, -0.15) is 0 Å². The van der Waals surface area contributed by atoms with Crippen molar-refractivity contribution >= 4 is 0 Å². The summed E-state index contributed by atoms with van der Waals surface area (Å²) in [4.78, 5) is 4.33. The highest BCUT2D eigenvalue weighted by Gasteiger charge is 2.28. The van der Waals surface area contributed by atoms with Crippen LogP contribution in [0.1, 0.15) is 23.8 Å². The molecule has 1 aromatic carbocycles. The third kappa shape index (κ3) is 3.00. The quantitative estimate of drug-likeness (QED) is 0.911. The summed E-state index contributed by atoms with van der Waals surface area (Å²) in [5.41, 5.74) is 2.32. The topological polar surface area (TPSA) is 34.1 Å². The van der Waals surface area contributed by atoms with Gasteiger partial charge in [0.2, 0.25) is 0 Å². The fraction of sp³-hybridized carbons (Fsp3) is 0.312. The summed E-state index contributed by atoms with van der Waals surface area (Å²) in [7, 11) is 0. The second kappa shape index (κ2) is 5.95. The van der Waals surface area contributed by atoms with E-state index in [9.17, 15) is 0 Å². The molecule has 1 aliphatic rings. The molecule has 1 saturated heterocycles. The molecule has 1 N–H and O–H groups in total. The molecular weight excluding hydrogens is 236 g/mol. The predicted molar refractivity (Wildman–Crippen MR) is 74.6 cm³/mol. The van der Waals surface area contributed by atoms with Crippen molar-refractivity contribution in [3.05, 3.63) is 66.0 Å². The van der Waals surface area contributed by atoms with Gasteiger partial charge in [-0.15, -0.1) is 0 Å². The van der Waals surface area contributed by atoms with Crippen LogP contribution in [-0.2, 0) is 11.3 Å². The molecule has 1 aromatic heterocycles. The Morgan fingerprint density at radius 3 is 2.74 bits per heavy atom. The second-order valence-electron chi connectivity index (χ2n) is 4.80. The van der Waals surface area contributed by atoms with Crippen molar-refractivity contribution in [3.63, 3.8) is 0 Å². The first kappa shape index (κ1) is 12.3. The summed E-state index contributed by atoms with van der Waals surface area (Å²) >= 11 is 0. The minimum absolute atomic E-state index is 0.157. The molecule has 1 fully saturated rings. The van der Waals surface area contributed by atoms with E-state index in [0.717, 1.165) is 25.3 Å². The van der Waals surface area contributed by atoms with E-state index >= 15 is 0 Å². The summed E-state index contributed by atoms with van der Waals surface area (Å²) in [5.74, 6) is 0. The molecule has 1 aliphatic heterocycles. The molecule has 19 heavy (non-hydrogen) atoms. The Kier molecular flexibility index (Phi) is 3.86. The van der Waals surface area contributed by atoms with Crippen LogP contribution in [0, 0.1) is 0 Å². The van der Waals surface area contributed by atoms with E-state index in [1.165, 1.54) is 5.56 Å². The fourth-order valence-corrected chi connectivity index (χ4v) is 2.51. The van der Waals surface area contributed by atoms with Crippen LogP contribution in [-0.4, -0.2) is 17.6 Å². The van der Waals surface area contributed by atoms with Gasteiger partial charge >= 0.3 is 0 Å². The Balaban J connectivity index is 1.64. The zero-order chi connectivity index (χ0) is 12.9. The Hall–Kier alpha value is -1.71. The highest BCUT2D eigenvalue weighted by molar-refractivity contribution is 5.20. The van der Waals surface area contributed by atoms with Crippen LogP contribution in [0.25, 0.3) is 0 Å². The van der Waals surface area contributed by atoms with E-state index < -0.39 is 0 Å². The number of nitrogens with one attached hydrogen (secondary N) is 1. The van der Waals surface area contributed by atoms with Crippen molar-refractivity contribution in [1.29, 1.82) is 0 Å². The number of hydrogen-bond acceptors (Lipinski definition) is 3. The maximum Gasteiger partial charge on any atom is 0.0978 e. The first-order valence-electron chi connectivity index (χ1n) is 6.73. The number of rotatable bonds is 4. The van der Waals surface area contributed by atoms with E-state index in [1.54, 1.807) is 0 Å². The van der Waals surface area contributed by atoms with Gasteiger partial charge in [0.25, 0.3) is 0 Å². The second-order valence-corrected chi connectivity index (χ2v) is 4.80. The molecular formula is C16H18N2O. The molecule has 3 rings (SSSR count). The highest BCUT2D eigenvalue weighted by Crippen LogP contribution is 2.29. The number of benzene rings is 1. The van der Waals surface area contributed by atoms with Gasteiger partial charge in [-0.1, -0.05) is 36.4 Å². The molecule has 0 bridgehead atoms. The first-order chi connectivity index (χ1) is 9.43. The van der Waals surface area contributed by atoms with Gasteiger partial charge in [0.05, 0.1) is 11.8 Å². The molecule has 98 valence electrons. The van der Waals surface area contributed by atoms with Crippen molar-refractivity contribution in [3.8, 4) is 0 Å². The lowest BCUT2D eigenvalue weighted by atomic mass is 10.0. The zero-order valence-corrected chi connectivity index (χ0v) is 10.8. The van der Waals surface area contributed by atoms with E-state index in [1.807, 2.05) is 30.5 Å². The maximum absolute atomic E-state index is 5.86. The first-order valence-corrected chi connectivity index (χ1v) is 6.73. The molecule has 2 heterocycles. The molecule has 0 aliphatic carbocycles. The van der Waals surface area contributed by atoms with Crippen LogP contribution in [0.15, 0.2) is 54.7 Å². The van der Waals surface area contributed by atoms with Crippen molar-refractivity contribution in [2.24, 2.45) is 0 Å². The maximum atomic E-state index is 5.86. The van der Waals surface area contributed by atoms with Gasteiger partial charge < -0.3 is 10.1 Å². The molecule has 0 radical (unpaired) electrons. The lowest BCUT2D eigenvalue weighted by Gasteiger charge is -2.20. The van der Waals surface area contributed by atoms with Gasteiger partial charge in [0.1, 0.15) is 0 Å². The molecule has 0 unspecified atom stereocenters. The summed E-state index contributed by atoms with van der Waals surface area (Å²) in [6.07, 6.45) is 3.04. The number of aromatic nitrogens is 1. The Morgan fingerprint density at radius 1 is 1.11 bits per heavy atom. The zero-order valence-electron chi connectivity index (χ0n) is 10.8. The average Bonchev–Trinajstić information content (AvgIpc) is 2.95. The standard InChI is InChI=1S/C16H18N2O/c1-2-6-13(7-3-1)16-15(9-11-19-16)18-12-14-8-4-5-10-17-14/h1-8,10,15-16,18H,9,11-12H2/t15-,16+/m0/s1. The van der Waals surface area contributed by atoms with Crippen molar-refractivity contribution in [2.45, 2.75) is 25.1 Å². The van der Waals surface area contributed by atoms with Crippen LogP contribution < -0.4 is 5.32 Å². The SMILES string of the molecule is c1ccc([C@H]2OCC[C@@H]2NCc2ccccn2)cc1. The van der Waals surface area contributed by atoms with Gasteiger partial charge in [0, 0.05) is 25.4 Å². The largest absolute Gasteiger partial charge is 0.372 e. The number of ether oxygens (including phenoxy) is 1. The van der Waals surface area contributed by atoms with E-state index in [2.05, 4.69) is 34.6 Å². The fourth-order valence-electron chi connectivity index (χ4n) is 2.51. The van der Waals surface area contributed by atoms with Gasteiger partial charge in [0.15, 0.2) is 0 Å². The molecule has 0 saturated carbocycles. The van der Waals surface area contributed by atoms with Crippen LogP contribution in [0.2, 0.25) is 0 Å². The summed E-state index contributed by atoms with van der Waals surface area (Å²) in [6, 6.07) is 16.8. The van der Waals surface area contributed by atoms with Crippen molar-refractivity contribution in [1.82, 2.24) is 10.3 Å². The minimum atomic E-state index is 0.157. The van der Waals surface area contributed by atoms with Gasteiger partial charge in [-0.25, -0.2) is 0 Å². The van der Waals surface area contributed by atoms with Crippen LogP contribution in [0.4, 0.5) is 0 Å². The Bertz CT molecular complexity index is 501. The van der Waals surface area contributed by atoms with Crippen LogP contribution in [0.3, 0.4) is 0 Å². The summed E-state index contributed by atoms with van der Waals surface area (Å²) in [5, 5.41) is 3.56. The average molecular weight is 254 g/mol. The molecule has 3 heteroatoms. The molecule has 2 atom stereocenters. The summed E-state index contributed by atoms with van der Waals surface area (Å²) < 4.78 is 5.86. The predicted octanol–water partition coefficient (Wildman–Crippen LogP) is 2.70. The number of nitrogens with zero attached hydrogens (tertiary/aromatic N) is 1. The third-order valence-corrected chi connectivity index (χ3v) is 3.49. The lowest BCUT2D eigenvalue weighted by Crippen LogP contribution is -2.31. The normalized spacial score (nSPS) is 22.5. The Labute approximate surface area is 113 Å². The monoisotopic (exact) mass is 254 g/mol. The molecule has 2 aromatic rings. The smallest absolute Gasteiger partial charge is 0.0978 e. The van der Waals surface area contributed by atoms with E-state index in [0.29, 0.717) is 6.04 Å². The highest BCUT2D eigenvalue weighted by atomic mass is 16.5. The number of hydrogen-bond donors (Lipinski definition) is 1. The third-order valence-electron chi connectivity index (χ3n) is 3.49. The lowest BCUT2D eigenvalue weighted by molar-refractivity contribution is 0.0984. The van der Waals surface area contributed by atoms with Crippen molar-refractivity contribution < 1.29 is 4.74 Å².